The third kappa shape index (κ3) is 3.42. The Bertz CT molecular complexity index is 535. The van der Waals surface area contributed by atoms with E-state index in [0.29, 0.717) is 11.5 Å². The van der Waals surface area contributed by atoms with Crippen LogP contribution in [0.25, 0.3) is 0 Å². The fourth-order valence-corrected chi connectivity index (χ4v) is 1.77. The molecule has 0 fully saturated rings. The van der Waals surface area contributed by atoms with Crippen molar-refractivity contribution in [1.29, 1.82) is 0 Å². The maximum atomic E-state index is 10.4. The highest BCUT2D eigenvalue weighted by Crippen LogP contribution is 2.16. The van der Waals surface area contributed by atoms with Gasteiger partial charge in [0.25, 0.3) is 0 Å². The molecule has 2 aromatic carbocycles. The van der Waals surface area contributed by atoms with E-state index in [1.165, 1.54) is 0 Å². The molecule has 0 aliphatic rings. The number of rotatable bonds is 3. The van der Waals surface area contributed by atoms with Gasteiger partial charge in [0, 0.05) is 11.6 Å². The van der Waals surface area contributed by atoms with E-state index in [0.717, 1.165) is 10.6 Å². The molecular weight excluding hydrogens is 236 g/mol. The minimum absolute atomic E-state index is 0.105. The molecule has 98 valence electrons. The second-order valence-corrected chi connectivity index (χ2v) is 4.56. The third-order valence-electron chi connectivity index (χ3n) is 2.61. The Morgan fingerprint density at radius 1 is 0.947 bits per heavy atom. The van der Waals surface area contributed by atoms with Crippen molar-refractivity contribution in [3.8, 4) is 0 Å². The van der Waals surface area contributed by atoms with Gasteiger partial charge in [-0.2, -0.15) is 0 Å². The first-order valence-corrected chi connectivity index (χ1v) is 6.36. The number of aliphatic imine (C=N–C) groups is 1. The second kappa shape index (κ2) is 6.16. The van der Waals surface area contributed by atoms with Gasteiger partial charge in [0.1, 0.15) is 0 Å². The van der Waals surface area contributed by atoms with Crippen molar-refractivity contribution >= 4 is 11.5 Å². The molecule has 0 aliphatic carbocycles. The van der Waals surface area contributed by atoms with E-state index in [-0.39, 0.29) is 6.04 Å². The van der Waals surface area contributed by atoms with Crippen LogP contribution in [0.4, 0.5) is 5.69 Å². The molecule has 0 aliphatic heterocycles. The molecule has 0 amide bonds. The lowest BCUT2D eigenvalue weighted by Crippen LogP contribution is -2.29. The van der Waals surface area contributed by atoms with Crippen LogP contribution in [0, 0.1) is 0 Å². The third-order valence-corrected chi connectivity index (χ3v) is 2.61. The highest BCUT2D eigenvalue weighted by atomic mass is 16.5. The van der Waals surface area contributed by atoms with Gasteiger partial charge in [-0.05, 0) is 26.0 Å². The van der Waals surface area contributed by atoms with E-state index in [2.05, 4.69) is 4.99 Å². The van der Waals surface area contributed by atoms with E-state index >= 15 is 0 Å². The summed E-state index contributed by atoms with van der Waals surface area (Å²) in [6.45, 7) is 3.98. The predicted molar refractivity (Wildman–Crippen MR) is 78.8 cm³/mol. The van der Waals surface area contributed by atoms with Crippen LogP contribution >= 0.6 is 0 Å². The van der Waals surface area contributed by atoms with Crippen molar-refractivity contribution in [2.75, 3.05) is 5.06 Å². The number of para-hydroxylation sites is 1. The summed E-state index contributed by atoms with van der Waals surface area (Å²) >= 11 is 0. The molecule has 0 aromatic heterocycles. The molecule has 1 N–H and O–H groups in total. The highest BCUT2D eigenvalue weighted by molar-refractivity contribution is 6.08. The topological polar surface area (TPSA) is 35.8 Å². The molecule has 0 heterocycles. The van der Waals surface area contributed by atoms with E-state index in [1.807, 2.05) is 74.5 Å². The largest absolute Gasteiger partial charge is 0.282 e. The fraction of sp³-hybridized carbons (Fsp3) is 0.188. The summed E-state index contributed by atoms with van der Waals surface area (Å²) in [5.74, 6) is 0.557. The van der Waals surface area contributed by atoms with E-state index < -0.39 is 0 Å². The lowest BCUT2D eigenvalue weighted by Gasteiger charge is -2.20. The van der Waals surface area contributed by atoms with Gasteiger partial charge < -0.3 is 0 Å². The van der Waals surface area contributed by atoms with Gasteiger partial charge in [0.2, 0.25) is 0 Å². The SMILES string of the molecule is CC(C)N=C(c1ccccc1)N(O)c1ccccc1. The number of anilines is 1. The van der Waals surface area contributed by atoms with Gasteiger partial charge in [-0.15, -0.1) is 0 Å². The minimum Gasteiger partial charge on any atom is -0.282 e. The highest BCUT2D eigenvalue weighted by Gasteiger charge is 2.13. The molecule has 0 saturated heterocycles. The first-order valence-electron chi connectivity index (χ1n) is 6.36. The van der Waals surface area contributed by atoms with Crippen LogP contribution in [0.1, 0.15) is 19.4 Å². The smallest absolute Gasteiger partial charge is 0.160 e. The first-order chi connectivity index (χ1) is 9.18. The molecule has 0 unspecified atom stereocenters. The summed E-state index contributed by atoms with van der Waals surface area (Å²) in [6.07, 6.45) is 0. The number of amidine groups is 1. The summed E-state index contributed by atoms with van der Waals surface area (Å²) in [5.41, 5.74) is 1.59. The summed E-state index contributed by atoms with van der Waals surface area (Å²) < 4.78 is 0. The number of nitrogens with zero attached hydrogens (tertiary/aromatic N) is 2. The number of hydroxylamine groups is 1. The van der Waals surface area contributed by atoms with Crippen LogP contribution in [-0.4, -0.2) is 17.1 Å². The van der Waals surface area contributed by atoms with Crippen molar-refractivity contribution in [3.63, 3.8) is 0 Å². The Balaban J connectivity index is 2.40. The Labute approximate surface area is 113 Å². The summed E-state index contributed by atoms with van der Waals surface area (Å²) in [5, 5.41) is 11.5. The zero-order valence-corrected chi connectivity index (χ0v) is 11.2. The normalized spacial score (nSPS) is 11.7. The van der Waals surface area contributed by atoms with Crippen molar-refractivity contribution in [3.05, 3.63) is 66.2 Å². The van der Waals surface area contributed by atoms with E-state index in [4.69, 9.17) is 0 Å². The maximum absolute atomic E-state index is 10.4. The van der Waals surface area contributed by atoms with E-state index in [9.17, 15) is 5.21 Å². The van der Waals surface area contributed by atoms with Crippen LogP contribution in [-0.2, 0) is 0 Å². The molecular formula is C16H18N2O. The van der Waals surface area contributed by atoms with Crippen molar-refractivity contribution in [2.24, 2.45) is 4.99 Å². The summed E-state index contributed by atoms with van der Waals surface area (Å²) in [6, 6.07) is 19.2. The van der Waals surface area contributed by atoms with E-state index in [1.54, 1.807) is 0 Å². The van der Waals surface area contributed by atoms with Gasteiger partial charge in [0.15, 0.2) is 5.84 Å². The molecule has 2 aromatic rings. The van der Waals surface area contributed by atoms with Crippen LogP contribution in [0.15, 0.2) is 65.7 Å². The minimum atomic E-state index is 0.105. The zero-order chi connectivity index (χ0) is 13.7. The van der Waals surface area contributed by atoms with Crippen LogP contribution in [0.5, 0.6) is 0 Å². The molecule has 2 rings (SSSR count). The van der Waals surface area contributed by atoms with Gasteiger partial charge in [-0.3, -0.25) is 10.2 Å². The number of hydrogen-bond donors (Lipinski definition) is 1. The lowest BCUT2D eigenvalue weighted by atomic mass is 10.2. The molecule has 3 nitrogen and oxygen atoms in total. The summed E-state index contributed by atoms with van der Waals surface area (Å²) in [7, 11) is 0. The van der Waals surface area contributed by atoms with Gasteiger partial charge in [0.05, 0.1) is 5.69 Å². The van der Waals surface area contributed by atoms with Gasteiger partial charge in [-0.25, -0.2) is 5.06 Å². The molecule has 0 bridgehead atoms. The van der Waals surface area contributed by atoms with Crippen molar-refractivity contribution < 1.29 is 5.21 Å². The number of hydrogen-bond acceptors (Lipinski definition) is 2. The van der Waals surface area contributed by atoms with Crippen molar-refractivity contribution in [2.45, 2.75) is 19.9 Å². The number of benzene rings is 2. The zero-order valence-electron chi connectivity index (χ0n) is 11.2. The quantitative estimate of drug-likeness (QED) is 0.514. The second-order valence-electron chi connectivity index (χ2n) is 4.56. The average molecular weight is 254 g/mol. The van der Waals surface area contributed by atoms with Crippen molar-refractivity contribution in [1.82, 2.24) is 0 Å². The summed E-state index contributed by atoms with van der Waals surface area (Å²) in [4.78, 5) is 4.52. The maximum Gasteiger partial charge on any atom is 0.160 e. The Morgan fingerprint density at radius 3 is 2.00 bits per heavy atom. The Kier molecular flexibility index (Phi) is 4.31. The first kappa shape index (κ1) is 13.3. The molecule has 0 radical (unpaired) electrons. The monoisotopic (exact) mass is 254 g/mol. The van der Waals surface area contributed by atoms with Crippen LogP contribution in [0.2, 0.25) is 0 Å². The molecule has 19 heavy (non-hydrogen) atoms. The average Bonchev–Trinajstić information content (AvgIpc) is 2.46. The predicted octanol–water partition coefficient (Wildman–Crippen LogP) is 3.74. The van der Waals surface area contributed by atoms with Gasteiger partial charge >= 0.3 is 0 Å². The lowest BCUT2D eigenvalue weighted by molar-refractivity contribution is 0.312. The van der Waals surface area contributed by atoms with Crippen LogP contribution < -0.4 is 5.06 Å². The van der Waals surface area contributed by atoms with Gasteiger partial charge in [-0.1, -0.05) is 48.5 Å². The Hall–Kier alpha value is -2.13. The van der Waals surface area contributed by atoms with Crippen LogP contribution in [0.3, 0.4) is 0 Å². The molecule has 3 heteroatoms. The Morgan fingerprint density at radius 2 is 1.47 bits per heavy atom. The fourth-order valence-electron chi connectivity index (χ4n) is 1.77. The standard InChI is InChI=1S/C16H18N2O/c1-13(2)17-16(14-9-5-3-6-10-14)18(19)15-11-7-4-8-12-15/h3-13,19H,1-2H3. The molecule has 0 atom stereocenters. The molecule has 0 spiro atoms. The molecule has 0 saturated carbocycles.